The van der Waals surface area contributed by atoms with Crippen molar-refractivity contribution in [2.24, 2.45) is 11.8 Å². The van der Waals surface area contributed by atoms with Crippen LogP contribution in [0.25, 0.3) is 0 Å². The van der Waals surface area contributed by atoms with Crippen molar-refractivity contribution in [3.63, 3.8) is 0 Å². The third kappa shape index (κ3) is 3.14. The van der Waals surface area contributed by atoms with E-state index in [1.165, 1.54) is 19.4 Å². The summed E-state index contributed by atoms with van der Waals surface area (Å²) in [6.07, 6.45) is 4.47. The van der Waals surface area contributed by atoms with Gasteiger partial charge in [0.05, 0.1) is 5.92 Å². The molecule has 1 heterocycles. The lowest BCUT2D eigenvalue weighted by Gasteiger charge is -2.29. The molecular weight excluding hydrogens is 202 g/mol. The second-order valence-corrected chi connectivity index (χ2v) is 4.36. The number of likely N-dealkylation sites (tertiary alicyclic amines) is 1. The lowest BCUT2D eigenvalue weighted by Crippen LogP contribution is -2.37. The zero-order valence-corrected chi connectivity index (χ0v) is 9.13. The molecule has 0 radical (unpaired) electrons. The Bertz CT molecular complexity index is 198. The molecule has 0 aromatic rings. The first kappa shape index (κ1) is 11.8. The van der Waals surface area contributed by atoms with Crippen molar-refractivity contribution in [2.75, 3.05) is 19.6 Å². The highest BCUT2D eigenvalue weighted by molar-refractivity contribution is 5.85. The molecule has 1 N–H and O–H groups in total. The van der Waals surface area contributed by atoms with Gasteiger partial charge in [-0.1, -0.05) is 0 Å². The molecule has 1 aliphatic carbocycles. The van der Waals surface area contributed by atoms with Gasteiger partial charge in [0.1, 0.15) is 0 Å². The van der Waals surface area contributed by atoms with Gasteiger partial charge in [0.15, 0.2) is 0 Å². The van der Waals surface area contributed by atoms with Gasteiger partial charge in [0.2, 0.25) is 0 Å². The smallest absolute Gasteiger partial charge is 0.306 e. The van der Waals surface area contributed by atoms with Gasteiger partial charge < -0.3 is 10.0 Å². The molecule has 0 aromatic heterocycles. The van der Waals surface area contributed by atoms with E-state index in [4.69, 9.17) is 5.11 Å². The summed E-state index contributed by atoms with van der Waals surface area (Å²) in [5, 5.41) is 8.80. The number of carboxylic acid groups (broad SMARTS) is 1. The van der Waals surface area contributed by atoms with Gasteiger partial charge in [0, 0.05) is 6.54 Å². The van der Waals surface area contributed by atoms with Crippen molar-refractivity contribution in [2.45, 2.75) is 25.7 Å². The Morgan fingerprint density at radius 1 is 1.21 bits per heavy atom. The summed E-state index contributed by atoms with van der Waals surface area (Å²) >= 11 is 0. The SMILES string of the molecule is Cl.O=C(O)C1CCN(CC2CC2)CC1. The average molecular weight is 220 g/mol. The Morgan fingerprint density at radius 3 is 2.21 bits per heavy atom. The van der Waals surface area contributed by atoms with E-state index in [1.54, 1.807) is 0 Å². The van der Waals surface area contributed by atoms with Crippen molar-refractivity contribution >= 4 is 18.4 Å². The predicted octanol–water partition coefficient (Wildman–Crippen LogP) is 1.61. The molecule has 0 aromatic carbocycles. The number of carbonyl (C=O) groups is 1. The topological polar surface area (TPSA) is 40.5 Å². The number of carboxylic acids is 1. The minimum atomic E-state index is -0.605. The molecular formula is C10H18ClNO2. The van der Waals surface area contributed by atoms with E-state index in [0.29, 0.717) is 0 Å². The number of halogens is 1. The van der Waals surface area contributed by atoms with Crippen LogP contribution in [0.5, 0.6) is 0 Å². The monoisotopic (exact) mass is 219 g/mol. The standard InChI is InChI=1S/C10H17NO2.ClH/c12-10(13)9-3-5-11(6-4-9)7-8-1-2-8;/h8-9H,1-7H2,(H,12,13);1H. The number of rotatable bonds is 3. The van der Waals surface area contributed by atoms with E-state index in [-0.39, 0.29) is 18.3 Å². The van der Waals surface area contributed by atoms with Crippen molar-refractivity contribution in [3.05, 3.63) is 0 Å². The molecule has 0 spiro atoms. The molecule has 4 heteroatoms. The molecule has 1 saturated heterocycles. The van der Waals surface area contributed by atoms with Crippen LogP contribution in [0, 0.1) is 11.8 Å². The minimum absolute atomic E-state index is 0. The lowest BCUT2D eigenvalue weighted by molar-refractivity contribution is -0.143. The zero-order valence-electron chi connectivity index (χ0n) is 8.32. The van der Waals surface area contributed by atoms with Crippen LogP contribution in [0.3, 0.4) is 0 Å². The summed E-state index contributed by atoms with van der Waals surface area (Å²) < 4.78 is 0. The molecule has 0 bridgehead atoms. The summed E-state index contributed by atoms with van der Waals surface area (Å²) in [4.78, 5) is 13.1. The van der Waals surface area contributed by atoms with E-state index in [1.807, 2.05) is 0 Å². The highest BCUT2D eigenvalue weighted by Crippen LogP contribution is 2.31. The van der Waals surface area contributed by atoms with Crippen molar-refractivity contribution < 1.29 is 9.90 Å². The number of piperidine rings is 1. The lowest BCUT2D eigenvalue weighted by atomic mass is 9.97. The summed E-state index contributed by atoms with van der Waals surface area (Å²) in [7, 11) is 0. The fraction of sp³-hybridized carbons (Fsp3) is 0.900. The van der Waals surface area contributed by atoms with Crippen molar-refractivity contribution in [1.82, 2.24) is 4.90 Å². The first-order valence-electron chi connectivity index (χ1n) is 5.21. The third-order valence-corrected chi connectivity index (χ3v) is 3.15. The quantitative estimate of drug-likeness (QED) is 0.784. The van der Waals surface area contributed by atoms with Crippen LogP contribution in [0.2, 0.25) is 0 Å². The third-order valence-electron chi connectivity index (χ3n) is 3.15. The maximum Gasteiger partial charge on any atom is 0.306 e. The molecule has 2 fully saturated rings. The molecule has 0 unspecified atom stereocenters. The van der Waals surface area contributed by atoms with Crippen LogP contribution < -0.4 is 0 Å². The van der Waals surface area contributed by atoms with Gasteiger partial charge >= 0.3 is 5.97 Å². The molecule has 1 aliphatic heterocycles. The second-order valence-electron chi connectivity index (χ2n) is 4.36. The molecule has 3 nitrogen and oxygen atoms in total. The average Bonchev–Trinajstić information content (AvgIpc) is 2.89. The van der Waals surface area contributed by atoms with Gasteiger partial charge in [-0.25, -0.2) is 0 Å². The predicted molar refractivity (Wildman–Crippen MR) is 56.8 cm³/mol. The Labute approximate surface area is 90.9 Å². The van der Waals surface area contributed by atoms with Crippen LogP contribution in [-0.4, -0.2) is 35.6 Å². The van der Waals surface area contributed by atoms with E-state index < -0.39 is 5.97 Å². The van der Waals surface area contributed by atoms with Crippen LogP contribution in [0.15, 0.2) is 0 Å². The van der Waals surface area contributed by atoms with Crippen molar-refractivity contribution in [3.8, 4) is 0 Å². The largest absolute Gasteiger partial charge is 0.481 e. The van der Waals surface area contributed by atoms with Crippen LogP contribution in [0.1, 0.15) is 25.7 Å². The van der Waals surface area contributed by atoms with E-state index in [0.717, 1.165) is 31.8 Å². The maximum absolute atomic E-state index is 10.7. The molecule has 2 aliphatic rings. The van der Waals surface area contributed by atoms with Gasteiger partial charge in [-0.3, -0.25) is 4.79 Å². The van der Waals surface area contributed by atoms with Gasteiger partial charge in [-0.05, 0) is 44.7 Å². The van der Waals surface area contributed by atoms with E-state index >= 15 is 0 Å². The first-order chi connectivity index (χ1) is 6.25. The zero-order chi connectivity index (χ0) is 9.26. The van der Waals surface area contributed by atoms with Crippen LogP contribution in [-0.2, 0) is 4.79 Å². The molecule has 2 rings (SSSR count). The first-order valence-corrected chi connectivity index (χ1v) is 5.21. The molecule has 0 atom stereocenters. The Morgan fingerprint density at radius 2 is 1.79 bits per heavy atom. The number of hydrogen-bond acceptors (Lipinski definition) is 2. The fourth-order valence-corrected chi connectivity index (χ4v) is 2.03. The minimum Gasteiger partial charge on any atom is -0.481 e. The second kappa shape index (κ2) is 4.99. The van der Waals surface area contributed by atoms with Crippen molar-refractivity contribution in [1.29, 1.82) is 0 Å². The summed E-state index contributed by atoms with van der Waals surface area (Å²) in [5.74, 6) is 0.253. The molecule has 1 saturated carbocycles. The Kier molecular flexibility index (Phi) is 4.20. The maximum atomic E-state index is 10.7. The number of nitrogens with zero attached hydrogens (tertiary/aromatic N) is 1. The van der Waals surface area contributed by atoms with E-state index in [9.17, 15) is 4.79 Å². The molecule has 82 valence electrons. The van der Waals surface area contributed by atoms with E-state index in [2.05, 4.69) is 4.90 Å². The summed E-state index contributed by atoms with van der Waals surface area (Å²) in [5.41, 5.74) is 0. The fourth-order valence-electron chi connectivity index (χ4n) is 2.03. The summed E-state index contributed by atoms with van der Waals surface area (Å²) in [6, 6.07) is 0. The molecule has 14 heavy (non-hydrogen) atoms. The highest BCUT2D eigenvalue weighted by Gasteiger charge is 2.28. The number of aliphatic carboxylic acids is 1. The van der Waals surface area contributed by atoms with Gasteiger partial charge in [-0.2, -0.15) is 0 Å². The molecule has 0 amide bonds. The number of hydrogen-bond donors (Lipinski definition) is 1. The highest BCUT2D eigenvalue weighted by atomic mass is 35.5. The van der Waals surface area contributed by atoms with Gasteiger partial charge in [0.25, 0.3) is 0 Å². The Balaban J connectivity index is 0.000000980. The normalized spacial score (nSPS) is 24.3. The Hall–Kier alpha value is -0.280. The van der Waals surface area contributed by atoms with Crippen LogP contribution in [0.4, 0.5) is 0 Å². The summed E-state index contributed by atoms with van der Waals surface area (Å²) in [6.45, 7) is 3.20. The van der Waals surface area contributed by atoms with Gasteiger partial charge in [-0.15, -0.1) is 12.4 Å². The van der Waals surface area contributed by atoms with Crippen LogP contribution >= 0.6 is 12.4 Å².